The van der Waals surface area contributed by atoms with Crippen molar-refractivity contribution >= 4 is 5.97 Å². The maximum Gasteiger partial charge on any atom is 0.310 e. The molecule has 2 aromatic carbocycles. The molecule has 2 rings (SSSR count). The van der Waals surface area contributed by atoms with Crippen molar-refractivity contribution in [2.24, 2.45) is 0 Å². The van der Waals surface area contributed by atoms with E-state index in [9.17, 15) is 9.18 Å². The highest BCUT2D eigenvalue weighted by Gasteiger charge is 2.13. The Hall–Kier alpha value is -2.16. The van der Waals surface area contributed by atoms with Crippen LogP contribution in [0.2, 0.25) is 0 Å². The van der Waals surface area contributed by atoms with Gasteiger partial charge in [-0.15, -0.1) is 0 Å². The predicted molar refractivity (Wildman–Crippen MR) is 67.9 cm³/mol. The van der Waals surface area contributed by atoms with Gasteiger partial charge in [0.2, 0.25) is 0 Å². The van der Waals surface area contributed by atoms with E-state index in [-0.39, 0.29) is 5.82 Å². The zero-order chi connectivity index (χ0) is 13.1. The van der Waals surface area contributed by atoms with Gasteiger partial charge < -0.3 is 5.11 Å². The van der Waals surface area contributed by atoms with Crippen LogP contribution in [0.4, 0.5) is 4.39 Å². The zero-order valence-corrected chi connectivity index (χ0v) is 9.93. The number of carboxylic acid groups (broad SMARTS) is 1. The Morgan fingerprint density at radius 2 is 1.44 bits per heavy atom. The summed E-state index contributed by atoms with van der Waals surface area (Å²) < 4.78 is 12.8. The van der Waals surface area contributed by atoms with E-state index in [0.29, 0.717) is 0 Å². The number of aliphatic carboxylic acids is 1. The molecule has 0 aromatic heterocycles. The number of carbonyl (C=O) groups is 1. The van der Waals surface area contributed by atoms with Crippen LogP contribution < -0.4 is 0 Å². The highest BCUT2D eigenvalue weighted by Crippen LogP contribution is 2.23. The Morgan fingerprint density at radius 3 is 1.89 bits per heavy atom. The van der Waals surface area contributed by atoms with Gasteiger partial charge in [-0.25, -0.2) is 4.39 Å². The van der Waals surface area contributed by atoms with Crippen LogP contribution in [-0.4, -0.2) is 11.1 Å². The average molecular weight is 244 g/mol. The van der Waals surface area contributed by atoms with E-state index in [1.54, 1.807) is 31.2 Å². The molecule has 0 aliphatic heterocycles. The Labute approximate surface area is 105 Å². The summed E-state index contributed by atoms with van der Waals surface area (Å²) >= 11 is 0. The normalized spacial score (nSPS) is 12.1. The SMILES string of the molecule is CC(C(=O)O)c1ccc(-c2ccc(F)cc2)cc1. The minimum absolute atomic E-state index is 0.269. The van der Waals surface area contributed by atoms with Crippen molar-refractivity contribution in [1.82, 2.24) is 0 Å². The first kappa shape index (κ1) is 12.3. The Morgan fingerprint density at radius 1 is 1.00 bits per heavy atom. The summed E-state index contributed by atoms with van der Waals surface area (Å²) in [5.74, 6) is -1.63. The van der Waals surface area contributed by atoms with E-state index < -0.39 is 11.9 Å². The lowest BCUT2D eigenvalue weighted by molar-refractivity contribution is -0.138. The molecule has 0 fully saturated rings. The monoisotopic (exact) mass is 244 g/mol. The first-order valence-electron chi connectivity index (χ1n) is 5.66. The maximum absolute atomic E-state index is 12.8. The summed E-state index contributed by atoms with van der Waals surface area (Å²) in [6.07, 6.45) is 0. The van der Waals surface area contributed by atoms with Gasteiger partial charge in [0.15, 0.2) is 0 Å². The second-order valence-electron chi connectivity index (χ2n) is 4.19. The molecule has 0 saturated heterocycles. The Bertz CT molecular complexity index is 544. The lowest BCUT2D eigenvalue weighted by Gasteiger charge is -2.08. The molecule has 0 bridgehead atoms. The van der Waals surface area contributed by atoms with E-state index in [1.807, 2.05) is 12.1 Å². The average Bonchev–Trinajstić information content (AvgIpc) is 2.39. The van der Waals surface area contributed by atoms with Crippen LogP contribution >= 0.6 is 0 Å². The molecule has 0 saturated carbocycles. The number of carboxylic acids is 1. The minimum Gasteiger partial charge on any atom is -0.481 e. The zero-order valence-electron chi connectivity index (χ0n) is 9.93. The van der Waals surface area contributed by atoms with Crippen LogP contribution in [0.1, 0.15) is 18.4 Å². The number of hydrogen-bond acceptors (Lipinski definition) is 1. The number of benzene rings is 2. The van der Waals surface area contributed by atoms with Gasteiger partial charge in [0.05, 0.1) is 5.92 Å². The quantitative estimate of drug-likeness (QED) is 0.894. The van der Waals surface area contributed by atoms with E-state index in [2.05, 4.69) is 0 Å². The molecule has 0 amide bonds. The van der Waals surface area contributed by atoms with Gasteiger partial charge in [-0.05, 0) is 35.7 Å². The van der Waals surface area contributed by atoms with Crippen LogP contribution in [-0.2, 0) is 4.79 Å². The summed E-state index contributed by atoms with van der Waals surface area (Å²) in [6, 6.07) is 13.5. The van der Waals surface area contributed by atoms with Crippen LogP contribution in [0.3, 0.4) is 0 Å². The second kappa shape index (κ2) is 5.00. The lowest BCUT2D eigenvalue weighted by Crippen LogP contribution is -2.06. The standard InChI is InChI=1S/C15H13FO2/c1-10(15(17)18)11-2-4-12(5-3-11)13-6-8-14(16)9-7-13/h2-10H,1H3,(H,17,18). The van der Waals surface area contributed by atoms with Crippen molar-refractivity contribution < 1.29 is 14.3 Å². The van der Waals surface area contributed by atoms with Gasteiger partial charge in [-0.3, -0.25) is 4.79 Å². The molecule has 18 heavy (non-hydrogen) atoms. The van der Waals surface area contributed by atoms with Crippen LogP contribution in [0.25, 0.3) is 11.1 Å². The summed E-state index contributed by atoms with van der Waals surface area (Å²) in [7, 11) is 0. The third kappa shape index (κ3) is 2.56. The Balaban J connectivity index is 2.27. The first-order valence-corrected chi connectivity index (χ1v) is 5.66. The van der Waals surface area contributed by atoms with Gasteiger partial charge >= 0.3 is 5.97 Å². The molecular formula is C15H13FO2. The van der Waals surface area contributed by atoms with E-state index in [0.717, 1.165) is 16.7 Å². The fraction of sp³-hybridized carbons (Fsp3) is 0.133. The topological polar surface area (TPSA) is 37.3 Å². The molecule has 0 spiro atoms. The van der Waals surface area contributed by atoms with Crippen molar-refractivity contribution in [2.75, 3.05) is 0 Å². The van der Waals surface area contributed by atoms with Crippen molar-refractivity contribution in [3.63, 3.8) is 0 Å². The molecule has 2 nitrogen and oxygen atoms in total. The third-order valence-corrected chi connectivity index (χ3v) is 2.96. The Kier molecular flexibility index (Phi) is 3.42. The van der Waals surface area contributed by atoms with Crippen molar-refractivity contribution in [3.8, 4) is 11.1 Å². The maximum atomic E-state index is 12.8. The van der Waals surface area contributed by atoms with E-state index in [4.69, 9.17) is 5.11 Å². The van der Waals surface area contributed by atoms with Gasteiger partial charge in [-0.2, -0.15) is 0 Å². The molecule has 0 aliphatic carbocycles. The number of halogens is 1. The van der Waals surface area contributed by atoms with E-state index >= 15 is 0 Å². The predicted octanol–water partition coefficient (Wildman–Crippen LogP) is 3.68. The molecule has 0 heterocycles. The van der Waals surface area contributed by atoms with Gasteiger partial charge in [0.25, 0.3) is 0 Å². The lowest BCUT2D eigenvalue weighted by atomic mass is 9.98. The molecule has 0 aliphatic rings. The fourth-order valence-electron chi connectivity index (χ4n) is 1.75. The molecule has 1 atom stereocenters. The van der Waals surface area contributed by atoms with Crippen LogP contribution in [0.5, 0.6) is 0 Å². The van der Waals surface area contributed by atoms with Crippen LogP contribution in [0.15, 0.2) is 48.5 Å². The molecule has 1 N–H and O–H groups in total. The highest BCUT2D eigenvalue weighted by molar-refractivity contribution is 5.76. The van der Waals surface area contributed by atoms with Gasteiger partial charge in [0, 0.05) is 0 Å². The van der Waals surface area contributed by atoms with Crippen molar-refractivity contribution in [3.05, 3.63) is 59.9 Å². The minimum atomic E-state index is -0.843. The third-order valence-electron chi connectivity index (χ3n) is 2.96. The molecule has 1 unspecified atom stereocenters. The molecule has 0 radical (unpaired) electrons. The summed E-state index contributed by atoms with van der Waals surface area (Å²) in [5.41, 5.74) is 2.61. The van der Waals surface area contributed by atoms with Crippen molar-refractivity contribution in [1.29, 1.82) is 0 Å². The molecular weight excluding hydrogens is 231 g/mol. The van der Waals surface area contributed by atoms with E-state index in [1.165, 1.54) is 12.1 Å². The molecule has 3 heteroatoms. The first-order chi connectivity index (χ1) is 8.58. The summed E-state index contributed by atoms with van der Waals surface area (Å²) in [6.45, 7) is 1.65. The summed E-state index contributed by atoms with van der Waals surface area (Å²) in [4.78, 5) is 10.9. The smallest absolute Gasteiger partial charge is 0.310 e. The van der Waals surface area contributed by atoms with Gasteiger partial charge in [0.1, 0.15) is 5.82 Å². The fourth-order valence-corrected chi connectivity index (χ4v) is 1.75. The highest BCUT2D eigenvalue weighted by atomic mass is 19.1. The molecule has 2 aromatic rings. The van der Waals surface area contributed by atoms with Crippen LogP contribution in [0, 0.1) is 5.82 Å². The van der Waals surface area contributed by atoms with Gasteiger partial charge in [-0.1, -0.05) is 36.4 Å². The second-order valence-corrected chi connectivity index (χ2v) is 4.19. The van der Waals surface area contributed by atoms with Crippen molar-refractivity contribution in [2.45, 2.75) is 12.8 Å². The summed E-state index contributed by atoms with van der Waals surface area (Å²) in [5, 5.41) is 8.91. The number of rotatable bonds is 3. The largest absolute Gasteiger partial charge is 0.481 e. The molecule has 92 valence electrons. The number of hydrogen-bond donors (Lipinski definition) is 1.